The Kier molecular flexibility index (Phi) is 4.01. The summed E-state index contributed by atoms with van der Waals surface area (Å²) in [6, 6.07) is 14.0. The minimum Gasteiger partial charge on any atom is -0.496 e. The van der Waals surface area contributed by atoms with Crippen molar-refractivity contribution in [3.05, 3.63) is 42.5 Å². The van der Waals surface area contributed by atoms with Crippen molar-refractivity contribution in [1.82, 2.24) is 0 Å². The maximum Gasteiger partial charge on any atom is 0.130 e. The molecule has 0 N–H and O–H groups in total. The van der Waals surface area contributed by atoms with Crippen molar-refractivity contribution < 1.29 is 9.47 Å². The molecule has 0 saturated carbocycles. The average molecular weight is 258 g/mol. The van der Waals surface area contributed by atoms with Crippen molar-refractivity contribution in [2.75, 3.05) is 14.2 Å². The van der Waals surface area contributed by atoms with Crippen LogP contribution in [-0.2, 0) is 0 Å². The summed E-state index contributed by atoms with van der Waals surface area (Å²) in [6.45, 7) is 0. The summed E-state index contributed by atoms with van der Waals surface area (Å²) in [5.41, 5.74) is 2.08. The fraction of sp³-hybridized carbons (Fsp3) is 0.133. The molecule has 0 saturated heterocycles. The van der Waals surface area contributed by atoms with Gasteiger partial charge in [-0.05, 0) is 18.2 Å². The minimum atomic E-state index is 0.811. The van der Waals surface area contributed by atoms with E-state index in [9.17, 15) is 0 Å². The lowest BCUT2D eigenvalue weighted by atomic mass is 10.0. The Balaban J connectivity index is 2.72. The van der Waals surface area contributed by atoms with Crippen molar-refractivity contribution in [3.8, 4) is 22.6 Å². The van der Waals surface area contributed by atoms with E-state index < -0.39 is 0 Å². The summed E-state index contributed by atoms with van der Waals surface area (Å²) < 4.78 is 10.9. The van der Waals surface area contributed by atoms with Crippen LogP contribution in [0, 0.1) is 0 Å². The highest BCUT2D eigenvalue weighted by Gasteiger charge is 2.14. The Hall–Kier alpha value is -1.79. The molecule has 3 heteroatoms. The summed E-state index contributed by atoms with van der Waals surface area (Å²) in [7, 11) is 4.32. The molecule has 0 spiro atoms. The SMILES string of the molecule is C=Pc1ccccc1-c1c(OC)cccc1OC. The van der Waals surface area contributed by atoms with E-state index in [0.29, 0.717) is 0 Å². The summed E-state index contributed by atoms with van der Waals surface area (Å²) in [5.74, 6) is 1.62. The molecule has 0 amide bonds. The maximum absolute atomic E-state index is 5.44. The molecule has 0 aliphatic heterocycles. The first-order chi connectivity index (χ1) is 8.81. The molecule has 2 rings (SSSR count). The first kappa shape index (κ1) is 12.7. The van der Waals surface area contributed by atoms with E-state index in [1.807, 2.05) is 30.3 Å². The van der Waals surface area contributed by atoms with Crippen LogP contribution in [0.15, 0.2) is 42.5 Å². The van der Waals surface area contributed by atoms with Gasteiger partial charge in [-0.15, -0.1) is 0 Å². The van der Waals surface area contributed by atoms with Crippen LogP contribution in [0.3, 0.4) is 0 Å². The van der Waals surface area contributed by atoms with Crippen LogP contribution < -0.4 is 14.8 Å². The van der Waals surface area contributed by atoms with Gasteiger partial charge in [0.15, 0.2) is 0 Å². The number of hydrogen-bond donors (Lipinski definition) is 0. The van der Waals surface area contributed by atoms with Crippen molar-refractivity contribution in [1.29, 1.82) is 0 Å². The molecule has 92 valence electrons. The molecule has 0 atom stereocenters. The van der Waals surface area contributed by atoms with Gasteiger partial charge in [0.2, 0.25) is 0 Å². The van der Waals surface area contributed by atoms with Crippen LogP contribution in [0.5, 0.6) is 11.5 Å². The van der Waals surface area contributed by atoms with E-state index in [0.717, 1.165) is 36.1 Å². The van der Waals surface area contributed by atoms with Crippen LogP contribution in [0.25, 0.3) is 11.1 Å². The first-order valence-corrected chi connectivity index (χ1v) is 6.67. The second-order valence-electron chi connectivity index (χ2n) is 3.71. The predicted octanol–water partition coefficient (Wildman–Crippen LogP) is 3.37. The van der Waals surface area contributed by atoms with E-state index in [1.54, 1.807) is 14.2 Å². The molecular weight excluding hydrogens is 243 g/mol. The summed E-state index contributed by atoms with van der Waals surface area (Å²) in [6.07, 6.45) is 3.94. The number of hydrogen-bond acceptors (Lipinski definition) is 2. The third kappa shape index (κ3) is 2.25. The Labute approximate surface area is 109 Å². The van der Waals surface area contributed by atoms with Crippen LogP contribution in [-0.4, -0.2) is 20.5 Å². The Morgan fingerprint density at radius 1 is 0.889 bits per heavy atom. The molecular formula is C15H15O2P. The first-order valence-electron chi connectivity index (χ1n) is 5.59. The molecule has 0 aliphatic carbocycles. The highest BCUT2D eigenvalue weighted by atomic mass is 31.1. The molecule has 0 fully saturated rings. The van der Waals surface area contributed by atoms with E-state index in [4.69, 9.17) is 9.47 Å². The zero-order valence-electron chi connectivity index (χ0n) is 10.5. The van der Waals surface area contributed by atoms with Crippen LogP contribution in [0.1, 0.15) is 0 Å². The molecule has 18 heavy (non-hydrogen) atoms. The average Bonchev–Trinajstić information content (AvgIpc) is 2.46. The second-order valence-corrected chi connectivity index (χ2v) is 4.51. The maximum atomic E-state index is 5.44. The van der Waals surface area contributed by atoms with Gasteiger partial charge in [-0.25, -0.2) is 0 Å². The third-order valence-corrected chi connectivity index (χ3v) is 3.50. The molecule has 0 radical (unpaired) electrons. The van der Waals surface area contributed by atoms with Crippen molar-refractivity contribution in [3.63, 3.8) is 0 Å². The highest BCUT2D eigenvalue weighted by Crippen LogP contribution is 2.37. The zero-order valence-corrected chi connectivity index (χ0v) is 11.4. The van der Waals surface area contributed by atoms with E-state index in [-0.39, 0.29) is 0 Å². The molecule has 0 heterocycles. The van der Waals surface area contributed by atoms with Crippen molar-refractivity contribution in [2.24, 2.45) is 0 Å². The Bertz CT molecular complexity index is 542. The van der Waals surface area contributed by atoms with E-state index in [2.05, 4.69) is 18.4 Å². The number of methoxy groups -OCH3 is 2. The van der Waals surface area contributed by atoms with Crippen LogP contribution in [0.4, 0.5) is 0 Å². The van der Waals surface area contributed by atoms with Crippen LogP contribution in [0.2, 0.25) is 0 Å². The van der Waals surface area contributed by atoms with Gasteiger partial charge in [0.25, 0.3) is 0 Å². The van der Waals surface area contributed by atoms with Crippen molar-refractivity contribution >= 4 is 19.8 Å². The van der Waals surface area contributed by atoms with E-state index >= 15 is 0 Å². The molecule has 0 bridgehead atoms. The zero-order chi connectivity index (χ0) is 13.0. The van der Waals surface area contributed by atoms with E-state index in [1.165, 1.54) is 0 Å². The largest absolute Gasteiger partial charge is 0.496 e. The van der Waals surface area contributed by atoms with Gasteiger partial charge in [-0.1, -0.05) is 38.8 Å². The predicted molar refractivity (Wildman–Crippen MR) is 78.7 cm³/mol. The molecule has 0 aromatic heterocycles. The molecule has 2 aromatic rings. The quantitative estimate of drug-likeness (QED) is 0.783. The number of rotatable bonds is 4. The second kappa shape index (κ2) is 5.70. The summed E-state index contributed by atoms with van der Waals surface area (Å²) >= 11 is 0. The Morgan fingerprint density at radius 3 is 2.06 bits per heavy atom. The number of benzene rings is 2. The summed E-state index contributed by atoms with van der Waals surface area (Å²) in [5, 5.41) is 1.15. The van der Waals surface area contributed by atoms with Crippen molar-refractivity contribution in [2.45, 2.75) is 0 Å². The summed E-state index contributed by atoms with van der Waals surface area (Å²) in [4.78, 5) is 0. The smallest absolute Gasteiger partial charge is 0.130 e. The topological polar surface area (TPSA) is 18.5 Å². The number of ether oxygens (including phenoxy) is 2. The lowest BCUT2D eigenvalue weighted by Gasteiger charge is -2.14. The van der Waals surface area contributed by atoms with Gasteiger partial charge in [0, 0.05) is 10.9 Å². The molecule has 2 aromatic carbocycles. The molecule has 0 unspecified atom stereocenters. The standard InChI is InChI=1S/C15H15O2P/c1-16-12-8-6-9-13(17-2)15(12)11-7-4-5-10-14(11)18-3/h4-10H,3H2,1-2H3. The third-order valence-electron chi connectivity index (χ3n) is 2.77. The molecule has 2 nitrogen and oxygen atoms in total. The fourth-order valence-electron chi connectivity index (χ4n) is 1.94. The normalized spacial score (nSPS) is 10.3. The van der Waals surface area contributed by atoms with Gasteiger partial charge < -0.3 is 9.47 Å². The lowest BCUT2D eigenvalue weighted by Crippen LogP contribution is -2.01. The fourth-order valence-corrected chi connectivity index (χ4v) is 2.49. The van der Waals surface area contributed by atoms with Gasteiger partial charge in [-0.3, -0.25) is 0 Å². The minimum absolute atomic E-state index is 0.811. The lowest BCUT2D eigenvalue weighted by molar-refractivity contribution is 0.397. The van der Waals surface area contributed by atoms with Gasteiger partial charge in [0.1, 0.15) is 11.5 Å². The van der Waals surface area contributed by atoms with Gasteiger partial charge >= 0.3 is 0 Å². The monoisotopic (exact) mass is 258 g/mol. The van der Waals surface area contributed by atoms with Gasteiger partial charge in [-0.2, -0.15) is 0 Å². The van der Waals surface area contributed by atoms with Gasteiger partial charge in [0.05, 0.1) is 19.8 Å². The van der Waals surface area contributed by atoms with Crippen LogP contribution >= 0.6 is 8.20 Å². The molecule has 0 aliphatic rings. The Morgan fingerprint density at radius 2 is 1.50 bits per heavy atom. The highest BCUT2D eigenvalue weighted by molar-refractivity contribution is 7.46.